The first kappa shape index (κ1) is 10.3. The van der Waals surface area contributed by atoms with Crippen LogP contribution in [0.2, 0.25) is 0 Å². The average Bonchev–Trinajstić information content (AvgIpc) is 2.94. The fourth-order valence-corrected chi connectivity index (χ4v) is 1.94. The third kappa shape index (κ3) is 2.14. The summed E-state index contributed by atoms with van der Waals surface area (Å²) in [7, 11) is 0. The predicted octanol–water partition coefficient (Wildman–Crippen LogP) is 1.15. The molecule has 1 aliphatic rings. The van der Waals surface area contributed by atoms with E-state index in [1.165, 1.54) is 0 Å². The van der Waals surface area contributed by atoms with Gasteiger partial charge in [-0.3, -0.25) is 0 Å². The van der Waals surface area contributed by atoms with E-state index in [9.17, 15) is 0 Å². The molecule has 1 fully saturated rings. The molecule has 1 N–H and O–H groups in total. The summed E-state index contributed by atoms with van der Waals surface area (Å²) in [6.07, 6.45) is 5.15. The highest BCUT2D eigenvalue weighted by molar-refractivity contribution is 5.58. The molecule has 5 heteroatoms. The lowest BCUT2D eigenvalue weighted by Gasteiger charge is -2.27. The second-order valence-corrected chi connectivity index (χ2v) is 3.99. The predicted molar refractivity (Wildman–Crippen MR) is 64.8 cm³/mol. The van der Waals surface area contributed by atoms with Crippen molar-refractivity contribution in [2.24, 2.45) is 0 Å². The van der Waals surface area contributed by atoms with E-state index in [1.807, 2.05) is 12.1 Å². The van der Waals surface area contributed by atoms with Crippen LogP contribution in [0.4, 0.5) is 5.95 Å². The summed E-state index contributed by atoms with van der Waals surface area (Å²) in [4.78, 5) is 11.1. The molecule has 1 saturated heterocycles. The SMILES string of the molecule is c1cc(-c2ccoc2)nc(N2CCNCC2)n1. The summed E-state index contributed by atoms with van der Waals surface area (Å²) in [6, 6.07) is 3.81. The Morgan fingerprint density at radius 1 is 1.24 bits per heavy atom. The van der Waals surface area contributed by atoms with Crippen LogP contribution in [0, 0.1) is 0 Å². The Labute approximate surface area is 99.5 Å². The third-order valence-electron chi connectivity index (χ3n) is 2.86. The number of hydrogen-bond donors (Lipinski definition) is 1. The van der Waals surface area contributed by atoms with Crippen molar-refractivity contribution < 1.29 is 4.42 Å². The monoisotopic (exact) mass is 230 g/mol. The smallest absolute Gasteiger partial charge is 0.225 e. The van der Waals surface area contributed by atoms with E-state index >= 15 is 0 Å². The van der Waals surface area contributed by atoms with Gasteiger partial charge >= 0.3 is 0 Å². The van der Waals surface area contributed by atoms with Crippen molar-refractivity contribution in [1.29, 1.82) is 0 Å². The molecule has 2 aromatic rings. The van der Waals surface area contributed by atoms with Gasteiger partial charge in [0.15, 0.2) is 0 Å². The fraction of sp³-hybridized carbons (Fsp3) is 0.333. The number of anilines is 1. The molecule has 0 amide bonds. The Morgan fingerprint density at radius 3 is 2.88 bits per heavy atom. The van der Waals surface area contributed by atoms with E-state index in [1.54, 1.807) is 18.7 Å². The second kappa shape index (κ2) is 4.55. The fourth-order valence-electron chi connectivity index (χ4n) is 1.94. The maximum atomic E-state index is 5.07. The Hall–Kier alpha value is -1.88. The first-order chi connectivity index (χ1) is 8.43. The van der Waals surface area contributed by atoms with Crippen LogP contribution in [0.15, 0.2) is 35.3 Å². The van der Waals surface area contributed by atoms with Crippen LogP contribution in [0.25, 0.3) is 11.3 Å². The Morgan fingerprint density at radius 2 is 2.12 bits per heavy atom. The molecule has 5 nitrogen and oxygen atoms in total. The van der Waals surface area contributed by atoms with Crippen LogP contribution in [-0.4, -0.2) is 36.1 Å². The molecule has 2 aromatic heterocycles. The number of nitrogens with zero attached hydrogens (tertiary/aromatic N) is 3. The van der Waals surface area contributed by atoms with Crippen molar-refractivity contribution in [3.8, 4) is 11.3 Å². The van der Waals surface area contributed by atoms with Gasteiger partial charge in [0, 0.05) is 37.9 Å². The van der Waals surface area contributed by atoms with Crippen molar-refractivity contribution in [3.63, 3.8) is 0 Å². The molecular formula is C12H14N4O. The molecule has 0 radical (unpaired) electrons. The minimum Gasteiger partial charge on any atom is -0.472 e. The van der Waals surface area contributed by atoms with E-state index in [4.69, 9.17) is 4.42 Å². The molecule has 88 valence electrons. The molecule has 1 aliphatic heterocycles. The van der Waals surface area contributed by atoms with Crippen molar-refractivity contribution in [2.75, 3.05) is 31.1 Å². The van der Waals surface area contributed by atoms with Gasteiger partial charge in [0.25, 0.3) is 0 Å². The molecule has 0 atom stereocenters. The molecule has 0 bridgehead atoms. The van der Waals surface area contributed by atoms with Crippen LogP contribution in [0.5, 0.6) is 0 Å². The number of nitrogens with one attached hydrogen (secondary N) is 1. The average molecular weight is 230 g/mol. The summed E-state index contributed by atoms with van der Waals surface area (Å²) in [5, 5.41) is 3.31. The van der Waals surface area contributed by atoms with Crippen LogP contribution in [0.1, 0.15) is 0 Å². The minimum atomic E-state index is 0.796. The van der Waals surface area contributed by atoms with Gasteiger partial charge in [-0.05, 0) is 12.1 Å². The minimum absolute atomic E-state index is 0.796. The summed E-state index contributed by atoms with van der Waals surface area (Å²) >= 11 is 0. The topological polar surface area (TPSA) is 54.2 Å². The molecule has 0 spiro atoms. The molecule has 17 heavy (non-hydrogen) atoms. The zero-order valence-corrected chi connectivity index (χ0v) is 9.47. The highest BCUT2D eigenvalue weighted by atomic mass is 16.3. The molecule has 0 aromatic carbocycles. The lowest BCUT2D eigenvalue weighted by molar-refractivity contribution is 0.568. The van der Waals surface area contributed by atoms with Gasteiger partial charge in [-0.1, -0.05) is 0 Å². The van der Waals surface area contributed by atoms with Crippen LogP contribution < -0.4 is 10.2 Å². The van der Waals surface area contributed by atoms with Crippen LogP contribution >= 0.6 is 0 Å². The van der Waals surface area contributed by atoms with Gasteiger partial charge in [0.2, 0.25) is 5.95 Å². The number of hydrogen-bond acceptors (Lipinski definition) is 5. The maximum absolute atomic E-state index is 5.07. The van der Waals surface area contributed by atoms with Gasteiger partial charge in [0.1, 0.15) is 0 Å². The molecule has 3 heterocycles. The lowest BCUT2D eigenvalue weighted by atomic mass is 10.2. The van der Waals surface area contributed by atoms with Crippen molar-refractivity contribution in [2.45, 2.75) is 0 Å². The van der Waals surface area contributed by atoms with E-state index in [-0.39, 0.29) is 0 Å². The Balaban J connectivity index is 1.88. The van der Waals surface area contributed by atoms with E-state index < -0.39 is 0 Å². The maximum Gasteiger partial charge on any atom is 0.225 e. The highest BCUT2D eigenvalue weighted by Gasteiger charge is 2.13. The standard InChI is InChI=1S/C12H14N4O/c1-3-14-12(16-6-4-13-5-7-16)15-11(1)10-2-8-17-9-10/h1-3,8-9,13H,4-7H2. The number of piperazine rings is 1. The zero-order valence-electron chi connectivity index (χ0n) is 9.47. The highest BCUT2D eigenvalue weighted by Crippen LogP contribution is 2.19. The molecule has 0 aliphatic carbocycles. The molecule has 0 saturated carbocycles. The van der Waals surface area contributed by atoms with Crippen LogP contribution in [-0.2, 0) is 0 Å². The Bertz CT molecular complexity index is 477. The van der Waals surface area contributed by atoms with Gasteiger partial charge in [-0.25, -0.2) is 9.97 Å². The summed E-state index contributed by atoms with van der Waals surface area (Å²) in [5.74, 6) is 0.796. The van der Waals surface area contributed by atoms with E-state index in [2.05, 4.69) is 20.2 Å². The van der Waals surface area contributed by atoms with Gasteiger partial charge in [0.05, 0.1) is 18.2 Å². The summed E-state index contributed by atoms with van der Waals surface area (Å²) < 4.78 is 5.07. The quantitative estimate of drug-likeness (QED) is 0.838. The first-order valence-electron chi connectivity index (χ1n) is 5.75. The third-order valence-corrected chi connectivity index (χ3v) is 2.86. The van der Waals surface area contributed by atoms with Gasteiger partial charge in [-0.2, -0.15) is 0 Å². The lowest BCUT2D eigenvalue weighted by Crippen LogP contribution is -2.44. The van der Waals surface area contributed by atoms with Crippen LogP contribution in [0.3, 0.4) is 0 Å². The van der Waals surface area contributed by atoms with Gasteiger partial charge < -0.3 is 14.6 Å². The van der Waals surface area contributed by atoms with Gasteiger partial charge in [-0.15, -0.1) is 0 Å². The number of aromatic nitrogens is 2. The second-order valence-electron chi connectivity index (χ2n) is 3.99. The molecule has 0 unspecified atom stereocenters. The number of rotatable bonds is 2. The van der Waals surface area contributed by atoms with E-state index in [0.717, 1.165) is 43.4 Å². The van der Waals surface area contributed by atoms with Crippen molar-refractivity contribution in [3.05, 3.63) is 30.9 Å². The summed E-state index contributed by atoms with van der Waals surface area (Å²) in [6.45, 7) is 3.88. The van der Waals surface area contributed by atoms with E-state index in [0.29, 0.717) is 0 Å². The number of furan rings is 1. The zero-order chi connectivity index (χ0) is 11.5. The Kier molecular flexibility index (Phi) is 2.75. The van der Waals surface area contributed by atoms with Crippen molar-refractivity contribution in [1.82, 2.24) is 15.3 Å². The summed E-state index contributed by atoms with van der Waals surface area (Å²) in [5.41, 5.74) is 1.89. The normalized spacial score (nSPS) is 16.1. The van der Waals surface area contributed by atoms with Crippen molar-refractivity contribution >= 4 is 5.95 Å². The molecule has 3 rings (SSSR count). The largest absolute Gasteiger partial charge is 0.472 e. The first-order valence-corrected chi connectivity index (χ1v) is 5.75. The molecular weight excluding hydrogens is 216 g/mol.